The molecule has 1 aromatic carbocycles. The molecule has 2 aliphatic rings. The maximum Gasteiger partial charge on any atom is 0.0681 e. The van der Waals surface area contributed by atoms with Gasteiger partial charge in [0.1, 0.15) is 0 Å². The lowest BCUT2D eigenvalue weighted by atomic mass is 9.65. The molecular formula is C12H15NO. The zero-order chi connectivity index (χ0) is 9.60. The fourth-order valence-electron chi connectivity index (χ4n) is 2.69. The molecule has 1 saturated carbocycles. The smallest absolute Gasteiger partial charge is 0.0681 e. The molecule has 0 aromatic heterocycles. The Labute approximate surface area is 84.0 Å². The lowest BCUT2D eigenvalue weighted by molar-refractivity contribution is 0.268. The summed E-state index contributed by atoms with van der Waals surface area (Å²) in [5, 5.41) is 12.6. The summed E-state index contributed by atoms with van der Waals surface area (Å²) < 4.78 is 0. The van der Waals surface area contributed by atoms with Crippen LogP contribution in [0.2, 0.25) is 0 Å². The number of nitrogens with one attached hydrogen (secondary N) is 1. The van der Waals surface area contributed by atoms with Gasteiger partial charge in [0.15, 0.2) is 0 Å². The second-order valence-electron chi connectivity index (χ2n) is 4.53. The summed E-state index contributed by atoms with van der Waals surface area (Å²) in [6.07, 6.45) is 3.97. The standard InChI is InChI=1S/C12H15NO/c14-7-9-2-3-11-10(6-9)12(8-13-11)4-1-5-12/h2-3,6,13-14H,1,4-5,7-8H2. The molecule has 3 rings (SSSR count). The summed E-state index contributed by atoms with van der Waals surface area (Å²) in [6, 6.07) is 6.28. The van der Waals surface area contributed by atoms with Crippen LogP contribution in [0.25, 0.3) is 0 Å². The molecule has 0 unspecified atom stereocenters. The van der Waals surface area contributed by atoms with E-state index in [9.17, 15) is 0 Å². The van der Waals surface area contributed by atoms with Gasteiger partial charge in [0.2, 0.25) is 0 Å². The van der Waals surface area contributed by atoms with Crippen LogP contribution in [0.3, 0.4) is 0 Å². The highest BCUT2D eigenvalue weighted by atomic mass is 16.3. The van der Waals surface area contributed by atoms with Gasteiger partial charge in [-0.05, 0) is 30.0 Å². The van der Waals surface area contributed by atoms with Gasteiger partial charge in [-0.3, -0.25) is 0 Å². The highest BCUT2D eigenvalue weighted by Gasteiger charge is 2.43. The Morgan fingerprint density at radius 3 is 2.86 bits per heavy atom. The molecule has 2 N–H and O–H groups in total. The van der Waals surface area contributed by atoms with Crippen molar-refractivity contribution >= 4 is 5.69 Å². The van der Waals surface area contributed by atoms with Gasteiger partial charge in [-0.15, -0.1) is 0 Å². The van der Waals surface area contributed by atoms with Crippen LogP contribution in [0.5, 0.6) is 0 Å². The molecule has 0 saturated heterocycles. The summed E-state index contributed by atoms with van der Waals surface area (Å²) in [4.78, 5) is 0. The fraction of sp³-hybridized carbons (Fsp3) is 0.500. The highest BCUT2D eigenvalue weighted by molar-refractivity contribution is 5.62. The van der Waals surface area contributed by atoms with Crippen LogP contribution in [0.15, 0.2) is 18.2 Å². The molecule has 2 nitrogen and oxygen atoms in total. The van der Waals surface area contributed by atoms with Crippen molar-refractivity contribution < 1.29 is 5.11 Å². The van der Waals surface area contributed by atoms with E-state index in [-0.39, 0.29) is 6.61 Å². The summed E-state index contributed by atoms with van der Waals surface area (Å²) in [5.74, 6) is 0. The first-order chi connectivity index (χ1) is 6.84. The van der Waals surface area contributed by atoms with E-state index in [2.05, 4.69) is 17.4 Å². The monoisotopic (exact) mass is 189 g/mol. The summed E-state index contributed by atoms with van der Waals surface area (Å²) in [6.45, 7) is 1.25. The zero-order valence-corrected chi connectivity index (χ0v) is 8.21. The SMILES string of the molecule is OCc1ccc2c(c1)C1(CCC1)CN2. The number of anilines is 1. The molecule has 1 aliphatic heterocycles. The molecule has 0 radical (unpaired) electrons. The van der Waals surface area contributed by atoms with E-state index in [1.165, 1.54) is 30.5 Å². The third-order valence-corrected chi connectivity index (χ3v) is 3.77. The van der Waals surface area contributed by atoms with E-state index in [4.69, 9.17) is 5.11 Å². The molecule has 2 heteroatoms. The van der Waals surface area contributed by atoms with Gasteiger partial charge in [0.05, 0.1) is 6.61 Å². The third-order valence-electron chi connectivity index (χ3n) is 3.77. The first kappa shape index (κ1) is 8.30. The van der Waals surface area contributed by atoms with Gasteiger partial charge in [0.25, 0.3) is 0 Å². The Bertz CT molecular complexity index is 369. The molecule has 1 aromatic rings. The van der Waals surface area contributed by atoms with Crippen molar-refractivity contribution in [3.8, 4) is 0 Å². The van der Waals surface area contributed by atoms with Crippen LogP contribution in [-0.2, 0) is 12.0 Å². The van der Waals surface area contributed by atoms with Gasteiger partial charge in [-0.25, -0.2) is 0 Å². The van der Waals surface area contributed by atoms with Crippen molar-refractivity contribution in [3.05, 3.63) is 29.3 Å². The molecule has 0 amide bonds. The quantitative estimate of drug-likeness (QED) is 0.708. The molecule has 1 fully saturated rings. The van der Waals surface area contributed by atoms with E-state index in [1.807, 2.05) is 6.07 Å². The van der Waals surface area contributed by atoms with Gasteiger partial charge < -0.3 is 10.4 Å². The van der Waals surface area contributed by atoms with Crippen molar-refractivity contribution in [2.24, 2.45) is 0 Å². The number of hydrogen-bond donors (Lipinski definition) is 2. The van der Waals surface area contributed by atoms with Crippen molar-refractivity contribution in [3.63, 3.8) is 0 Å². The molecule has 14 heavy (non-hydrogen) atoms. The minimum absolute atomic E-state index is 0.156. The lowest BCUT2D eigenvalue weighted by Crippen LogP contribution is -2.35. The van der Waals surface area contributed by atoms with Crippen LogP contribution in [-0.4, -0.2) is 11.7 Å². The van der Waals surface area contributed by atoms with Crippen LogP contribution in [0.1, 0.15) is 30.4 Å². The molecule has 1 aliphatic carbocycles. The topological polar surface area (TPSA) is 32.3 Å². The molecule has 0 atom stereocenters. The van der Waals surface area contributed by atoms with E-state index in [0.717, 1.165) is 12.1 Å². The number of hydrogen-bond acceptors (Lipinski definition) is 2. The molecule has 74 valence electrons. The van der Waals surface area contributed by atoms with Gasteiger partial charge in [-0.1, -0.05) is 18.6 Å². The maximum atomic E-state index is 9.11. The van der Waals surface area contributed by atoms with E-state index in [1.54, 1.807) is 0 Å². The molecule has 1 heterocycles. The molecule has 1 spiro atoms. The van der Waals surface area contributed by atoms with Crippen molar-refractivity contribution in [1.82, 2.24) is 0 Å². The number of fused-ring (bicyclic) bond motifs is 2. The van der Waals surface area contributed by atoms with Crippen molar-refractivity contribution in [2.45, 2.75) is 31.3 Å². The van der Waals surface area contributed by atoms with Crippen LogP contribution in [0, 0.1) is 0 Å². The fourth-order valence-corrected chi connectivity index (χ4v) is 2.69. The Kier molecular flexibility index (Phi) is 1.62. The summed E-state index contributed by atoms with van der Waals surface area (Å²) in [7, 11) is 0. The average Bonchev–Trinajstić information content (AvgIpc) is 2.55. The minimum Gasteiger partial charge on any atom is -0.392 e. The maximum absolute atomic E-state index is 9.11. The largest absolute Gasteiger partial charge is 0.392 e. The van der Waals surface area contributed by atoms with Crippen LogP contribution < -0.4 is 5.32 Å². The van der Waals surface area contributed by atoms with E-state index >= 15 is 0 Å². The molecular weight excluding hydrogens is 174 g/mol. The predicted octanol–water partition coefficient (Wildman–Crippen LogP) is 2.03. The number of aliphatic hydroxyl groups is 1. The Balaban J connectivity index is 2.08. The predicted molar refractivity (Wildman–Crippen MR) is 56.4 cm³/mol. The van der Waals surface area contributed by atoms with Crippen molar-refractivity contribution in [2.75, 3.05) is 11.9 Å². The Morgan fingerprint density at radius 1 is 1.36 bits per heavy atom. The normalized spacial score (nSPS) is 21.5. The number of rotatable bonds is 1. The second-order valence-corrected chi connectivity index (χ2v) is 4.53. The summed E-state index contributed by atoms with van der Waals surface area (Å²) >= 11 is 0. The van der Waals surface area contributed by atoms with Gasteiger partial charge in [0, 0.05) is 17.6 Å². The lowest BCUT2D eigenvalue weighted by Gasteiger charge is -2.38. The van der Waals surface area contributed by atoms with E-state index < -0.39 is 0 Å². The Morgan fingerprint density at radius 2 is 2.21 bits per heavy atom. The van der Waals surface area contributed by atoms with Gasteiger partial charge in [-0.2, -0.15) is 0 Å². The van der Waals surface area contributed by atoms with Crippen LogP contribution in [0.4, 0.5) is 5.69 Å². The van der Waals surface area contributed by atoms with Crippen molar-refractivity contribution in [1.29, 1.82) is 0 Å². The number of benzene rings is 1. The average molecular weight is 189 g/mol. The minimum atomic E-state index is 0.156. The van der Waals surface area contributed by atoms with Gasteiger partial charge >= 0.3 is 0 Å². The first-order valence-electron chi connectivity index (χ1n) is 5.32. The number of aliphatic hydroxyl groups excluding tert-OH is 1. The third kappa shape index (κ3) is 0.947. The van der Waals surface area contributed by atoms with Crippen LogP contribution >= 0.6 is 0 Å². The Hall–Kier alpha value is -1.02. The molecule has 0 bridgehead atoms. The zero-order valence-electron chi connectivity index (χ0n) is 8.21. The second kappa shape index (κ2) is 2.74. The van der Waals surface area contributed by atoms with E-state index in [0.29, 0.717) is 5.41 Å². The first-order valence-corrected chi connectivity index (χ1v) is 5.32. The highest BCUT2D eigenvalue weighted by Crippen LogP contribution is 2.50. The summed E-state index contributed by atoms with van der Waals surface area (Å²) in [5.41, 5.74) is 4.18.